The standard InChI is InChI=1S/C16H25FN2/c1-12-7-9-13(10-8-12)16(11-18)19(2)15-6-4-3-5-14(15)17/h3-6,12-13,16H,7-11,18H2,1-2H3. The van der Waals surface area contributed by atoms with E-state index in [0.717, 1.165) is 5.92 Å². The van der Waals surface area contributed by atoms with E-state index in [2.05, 4.69) is 6.92 Å². The van der Waals surface area contributed by atoms with E-state index in [-0.39, 0.29) is 11.9 Å². The maximum Gasteiger partial charge on any atom is 0.146 e. The predicted octanol–water partition coefficient (Wildman–Crippen LogP) is 3.42. The van der Waals surface area contributed by atoms with E-state index in [1.807, 2.05) is 24.1 Å². The Bertz CT molecular complexity index is 399. The van der Waals surface area contributed by atoms with Gasteiger partial charge in [-0.3, -0.25) is 0 Å². The van der Waals surface area contributed by atoms with Gasteiger partial charge in [0.25, 0.3) is 0 Å². The van der Waals surface area contributed by atoms with Crippen LogP contribution in [0.3, 0.4) is 0 Å². The third-order valence-electron chi connectivity index (χ3n) is 4.58. The van der Waals surface area contributed by atoms with Crippen molar-refractivity contribution in [3.8, 4) is 0 Å². The molecule has 106 valence electrons. The molecular weight excluding hydrogens is 239 g/mol. The van der Waals surface area contributed by atoms with Crippen molar-refractivity contribution in [2.24, 2.45) is 17.6 Å². The number of para-hydroxylation sites is 1. The van der Waals surface area contributed by atoms with Crippen molar-refractivity contribution in [3.05, 3.63) is 30.1 Å². The van der Waals surface area contributed by atoms with E-state index in [1.54, 1.807) is 6.07 Å². The number of hydrogen-bond donors (Lipinski definition) is 1. The molecule has 0 saturated heterocycles. The highest BCUT2D eigenvalue weighted by Crippen LogP contribution is 2.33. The second-order valence-corrected chi connectivity index (χ2v) is 5.89. The molecule has 0 spiro atoms. The molecule has 1 atom stereocenters. The molecule has 1 aliphatic rings. The Kier molecular flexibility index (Phi) is 4.81. The second kappa shape index (κ2) is 6.38. The van der Waals surface area contributed by atoms with E-state index < -0.39 is 0 Å². The maximum atomic E-state index is 13.9. The van der Waals surface area contributed by atoms with Gasteiger partial charge in [-0.2, -0.15) is 0 Å². The first-order valence-electron chi connectivity index (χ1n) is 7.31. The van der Waals surface area contributed by atoms with Crippen LogP contribution in [-0.2, 0) is 0 Å². The maximum absolute atomic E-state index is 13.9. The van der Waals surface area contributed by atoms with Crippen molar-refractivity contribution >= 4 is 5.69 Å². The number of nitrogens with zero attached hydrogens (tertiary/aromatic N) is 1. The minimum absolute atomic E-state index is 0.160. The summed E-state index contributed by atoms with van der Waals surface area (Å²) >= 11 is 0. The molecule has 1 aromatic rings. The summed E-state index contributed by atoms with van der Waals surface area (Å²) in [7, 11) is 1.97. The van der Waals surface area contributed by atoms with Gasteiger partial charge in [0.15, 0.2) is 0 Å². The van der Waals surface area contributed by atoms with Gasteiger partial charge >= 0.3 is 0 Å². The number of rotatable bonds is 4. The highest BCUT2D eigenvalue weighted by atomic mass is 19.1. The number of anilines is 1. The Balaban J connectivity index is 2.11. The lowest BCUT2D eigenvalue weighted by molar-refractivity contribution is 0.252. The summed E-state index contributed by atoms with van der Waals surface area (Å²) in [4.78, 5) is 2.04. The van der Waals surface area contributed by atoms with Gasteiger partial charge in [0.1, 0.15) is 5.82 Å². The first-order chi connectivity index (χ1) is 9.13. The van der Waals surface area contributed by atoms with Crippen LogP contribution in [0.4, 0.5) is 10.1 Å². The molecule has 1 aliphatic carbocycles. The zero-order valence-electron chi connectivity index (χ0n) is 12.0. The Morgan fingerprint density at radius 2 is 1.89 bits per heavy atom. The molecule has 19 heavy (non-hydrogen) atoms. The average Bonchev–Trinajstić information content (AvgIpc) is 2.42. The fraction of sp³-hybridized carbons (Fsp3) is 0.625. The number of likely N-dealkylation sites (N-methyl/N-ethyl adjacent to an activating group) is 1. The summed E-state index contributed by atoms with van der Waals surface area (Å²) in [6, 6.07) is 7.20. The number of benzene rings is 1. The molecule has 0 amide bonds. The van der Waals surface area contributed by atoms with Crippen molar-refractivity contribution < 1.29 is 4.39 Å². The van der Waals surface area contributed by atoms with Gasteiger partial charge in [-0.15, -0.1) is 0 Å². The van der Waals surface area contributed by atoms with Crippen LogP contribution in [0.2, 0.25) is 0 Å². The van der Waals surface area contributed by atoms with Gasteiger partial charge in [0, 0.05) is 19.6 Å². The van der Waals surface area contributed by atoms with Crippen LogP contribution >= 0.6 is 0 Å². The highest BCUT2D eigenvalue weighted by molar-refractivity contribution is 5.48. The molecule has 1 unspecified atom stereocenters. The molecule has 0 aliphatic heterocycles. The Labute approximate surface area is 115 Å². The Morgan fingerprint density at radius 1 is 1.26 bits per heavy atom. The van der Waals surface area contributed by atoms with Crippen molar-refractivity contribution in [2.75, 3.05) is 18.5 Å². The first-order valence-corrected chi connectivity index (χ1v) is 7.31. The van der Waals surface area contributed by atoms with Gasteiger partial charge < -0.3 is 10.6 Å². The smallest absolute Gasteiger partial charge is 0.146 e. The molecule has 2 nitrogen and oxygen atoms in total. The topological polar surface area (TPSA) is 29.3 Å². The molecule has 0 heterocycles. The van der Waals surface area contributed by atoms with E-state index in [4.69, 9.17) is 5.73 Å². The van der Waals surface area contributed by atoms with Crippen LogP contribution in [0.5, 0.6) is 0 Å². The van der Waals surface area contributed by atoms with Gasteiger partial charge in [0.2, 0.25) is 0 Å². The summed E-state index contributed by atoms with van der Waals surface area (Å²) < 4.78 is 13.9. The minimum Gasteiger partial charge on any atom is -0.368 e. The minimum atomic E-state index is -0.160. The summed E-state index contributed by atoms with van der Waals surface area (Å²) in [5, 5.41) is 0. The largest absolute Gasteiger partial charge is 0.368 e. The molecule has 2 rings (SSSR count). The third-order valence-corrected chi connectivity index (χ3v) is 4.58. The molecule has 0 bridgehead atoms. The Hall–Kier alpha value is -1.09. The van der Waals surface area contributed by atoms with E-state index in [0.29, 0.717) is 18.2 Å². The lowest BCUT2D eigenvalue weighted by Gasteiger charge is -2.38. The van der Waals surface area contributed by atoms with Crippen LogP contribution in [0.1, 0.15) is 32.6 Å². The van der Waals surface area contributed by atoms with Crippen LogP contribution in [0.25, 0.3) is 0 Å². The SMILES string of the molecule is CC1CCC(C(CN)N(C)c2ccccc2F)CC1. The highest BCUT2D eigenvalue weighted by Gasteiger charge is 2.28. The summed E-state index contributed by atoms with van der Waals surface area (Å²) in [6.45, 7) is 2.90. The quantitative estimate of drug-likeness (QED) is 0.903. The first kappa shape index (κ1) is 14.3. The fourth-order valence-corrected chi connectivity index (χ4v) is 3.25. The molecule has 0 aromatic heterocycles. The third kappa shape index (κ3) is 3.27. The van der Waals surface area contributed by atoms with Gasteiger partial charge in [-0.1, -0.05) is 31.9 Å². The van der Waals surface area contributed by atoms with Gasteiger partial charge in [-0.25, -0.2) is 4.39 Å². The van der Waals surface area contributed by atoms with Crippen LogP contribution in [0.15, 0.2) is 24.3 Å². The Morgan fingerprint density at radius 3 is 2.47 bits per heavy atom. The van der Waals surface area contributed by atoms with E-state index >= 15 is 0 Å². The number of halogens is 1. The van der Waals surface area contributed by atoms with Crippen molar-refractivity contribution in [3.63, 3.8) is 0 Å². The molecule has 3 heteroatoms. The monoisotopic (exact) mass is 264 g/mol. The van der Waals surface area contributed by atoms with Gasteiger partial charge in [0.05, 0.1) is 5.69 Å². The second-order valence-electron chi connectivity index (χ2n) is 5.89. The molecule has 0 radical (unpaired) electrons. The lowest BCUT2D eigenvalue weighted by Crippen LogP contribution is -2.45. The summed E-state index contributed by atoms with van der Waals surface area (Å²) in [6.07, 6.45) is 4.96. The molecular formula is C16H25FN2. The lowest BCUT2D eigenvalue weighted by atomic mass is 9.78. The summed E-state index contributed by atoms with van der Waals surface area (Å²) in [5.74, 6) is 1.26. The van der Waals surface area contributed by atoms with Gasteiger partial charge in [-0.05, 0) is 36.8 Å². The number of nitrogens with two attached hydrogens (primary N) is 1. The van der Waals surface area contributed by atoms with E-state index in [1.165, 1.54) is 31.7 Å². The van der Waals surface area contributed by atoms with Crippen LogP contribution in [-0.4, -0.2) is 19.6 Å². The van der Waals surface area contributed by atoms with Crippen molar-refractivity contribution in [1.82, 2.24) is 0 Å². The molecule has 1 saturated carbocycles. The van der Waals surface area contributed by atoms with Crippen molar-refractivity contribution in [1.29, 1.82) is 0 Å². The average molecular weight is 264 g/mol. The van der Waals surface area contributed by atoms with Crippen LogP contribution in [0, 0.1) is 17.7 Å². The van der Waals surface area contributed by atoms with E-state index in [9.17, 15) is 4.39 Å². The molecule has 1 aromatic carbocycles. The zero-order chi connectivity index (χ0) is 13.8. The molecule has 2 N–H and O–H groups in total. The normalized spacial score (nSPS) is 25.1. The summed E-state index contributed by atoms with van der Waals surface area (Å²) in [5.41, 5.74) is 6.63. The molecule has 1 fully saturated rings. The fourth-order valence-electron chi connectivity index (χ4n) is 3.25. The van der Waals surface area contributed by atoms with Crippen molar-refractivity contribution in [2.45, 2.75) is 38.6 Å². The predicted molar refractivity (Wildman–Crippen MR) is 78.8 cm³/mol. The zero-order valence-corrected chi connectivity index (χ0v) is 12.0. The number of hydrogen-bond acceptors (Lipinski definition) is 2. The van der Waals surface area contributed by atoms with Crippen LogP contribution < -0.4 is 10.6 Å².